The molecule has 1 aromatic heterocycles. The SMILES string of the molecule is COCCc1cnc(CCCNC(C)C)o1. The molecular formula is C12H22N2O2. The maximum absolute atomic E-state index is 5.57. The molecule has 0 saturated carbocycles. The van der Waals surface area contributed by atoms with E-state index >= 15 is 0 Å². The zero-order valence-electron chi connectivity index (χ0n) is 10.5. The fraction of sp³-hybridized carbons (Fsp3) is 0.750. The second-order valence-electron chi connectivity index (χ2n) is 4.18. The van der Waals surface area contributed by atoms with Gasteiger partial charge in [-0.3, -0.25) is 0 Å². The van der Waals surface area contributed by atoms with Crippen molar-refractivity contribution in [1.29, 1.82) is 0 Å². The quantitative estimate of drug-likeness (QED) is 0.687. The van der Waals surface area contributed by atoms with Gasteiger partial charge in [0.25, 0.3) is 0 Å². The van der Waals surface area contributed by atoms with Gasteiger partial charge in [0.1, 0.15) is 5.76 Å². The molecule has 1 heterocycles. The van der Waals surface area contributed by atoms with Crippen LogP contribution < -0.4 is 5.32 Å². The van der Waals surface area contributed by atoms with Gasteiger partial charge in [-0.25, -0.2) is 4.98 Å². The number of aromatic nitrogens is 1. The molecule has 0 bridgehead atoms. The van der Waals surface area contributed by atoms with Gasteiger partial charge in [0.05, 0.1) is 12.8 Å². The highest BCUT2D eigenvalue weighted by atomic mass is 16.5. The Hall–Kier alpha value is -0.870. The molecule has 1 N–H and O–H groups in total. The number of oxazole rings is 1. The first-order chi connectivity index (χ1) is 7.72. The van der Waals surface area contributed by atoms with Crippen LogP contribution in [0.15, 0.2) is 10.6 Å². The normalized spacial score (nSPS) is 11.2. The molecule has 16 heavy (non-hydrogen) atoms. The summed E-state index contributed by atoms with van der Waals surface area (Å²) in [7, 11) is 1.69. The molecule has 0 fully saturated rings. The highest BCUT2D eigenvalue weighted by Crippen LogP contribution is 2.06. The predicted molar refractivity (Wildman–Crippen MR) is 63.5 cm³/mol. The Morgan fingerprint density at radius 3 is 2.94 bits per heavy atom. The molecule has 0 unspecified atom stereocenters. The molecule has 0 amide bonds. The van der Waals surface area contributed by atoms with E-state index in [2.05, 4.69) is 24.1 Å². The second kappa shape index (κ2) is 7.41. The van der Waals surface area contributed by atoms with Crippen LogP contribution in [0.1, 0.15) is 31.9 Å². The van der Waals surface area contributed by atoms with Gasteiger partial charge in [-0.1, -0.05) is 13.8 Å². The molecule has 1 rings (SSSR count). The average molecular weight is 226 g/mol. The molecule has 0 spiro atoms. The van der Waals surface area contributed by atoms with Crippen molar-refractivity contribution in [1.82, 2.24) is 10.3 Å². The third kappa shape index (κ3) is 5.28. The van der Waals surface area contributed by atoms with Gasteiger partial charge >= 0.3 is 0 Å². The summed E-state index contributed by atoms with van der Waals surface area (Å²) in [5.74, 6) is 1.74. The van der Waals surface area contributed by atoms with Crippen LogP contribution in [-0.4, -0.2) is 31.3 Å². The summed E-state index contributed by atoms with van der Waals surface area (Å²) < 4.78 is 10.6. The summed E-state index contributed by atoms with van der Waals surface area (Å²) in [5, 5.41) is 3.37. The van der Waals surface area contributed by atoms with E-state index in [0.29, 0.717) is 12.6 Å². The number of hydrogen-bond acceptors (Lipinski definition) is 4. The summed E-state index contributed by atoms with van der Waals surface area (Å²) in [5.41, 5.74) is 0. The molecule has 0 aliphatic carbocycles. The number of hydrogen-bond donors (Lipinski definition) is 1. The van der Waals surface area contributed by atoms with Crippen LogP contribution in [0.3, 0.4) is 0 Å². The Kier molecular flexibility index (Phi) is 6.11. The lowest BCUT2D eigenvalue weighted by Crippen LogP contribution is -2.23. The Labute approximate surface area is 97.4 Å². The van der Waals surface area contributed by atoms with Crippen LogP contribution in [0.2, 0.25) is 0 Å². The fourth-order valence-electron chi connectivity index (χ4n) is 1.41. The van der Waals surface area contributed by atoms with Crippen LogP contribution in [0.5, 0.6) is 0 Å². The third-order valence-electron chi connectivity index (χ3n) is 2.27. The number of rotatable bonds is 8. The Bertz CT molecular complexity index is 284. The van der Waals surface area contributed by atoms with Crippen molar-refractivity contribution < 1.29 is 9.15 Å². The van der Waals surface area contributed by atoms with E-state index in [1.165, 1.54) is 0 Å². The molecule has 4 heteroatoms. The van der Waals surface area contributed by atoms with Gasteiger partial charge in [-0.05, 0) is 13.0 Å². The Balaban J connectivity index is 2.19. The summed E-state index contributed by atoms with van der Waals surface area (Å²) in [6, 6.07) is 0.543. The number of methoxy groups -OCH3 is 1. The van der Waals surface area contributed by atoms with Crippen LogP contribution in [-0.2, 0) is 17.6 Å². The molecule has 0 aliphatic heterocycles. The lowest BCUT2D eigenvalue weighted by Gasteiger charge is -2.05. The molecule has 92 valence electrons. The highest BCUT2D eigenvalue weighted by molar-refractivity contribution is 4.94. The molecule has 0 radical (unpaired) electrons. The summed E-state index contributed by atoms with van der Waals surface area (Å²) in [4.78, 5) is 4.24. The predicted octanol–water partition coefficient (Wildman–Crippen LogP) is 1.79. The first-order valence-corrected chi connectivity index (χ1v) is 5.88. The first-order valence-electron chi connectivity index (χ1n) is 5.88. The van der Waals surface area contributed by atoms with Gasteiger partial charge in [0.2, 0.25) is 0 Å². The zero-order chi connectivity index (χ0) is 11.8. The van der Waals surface area contributed by atoms with E-state index < -0.39 is 0 Å². The van der Waals surface area contributed by atoms with Gasteiger partial charge in [-0.15, -0.1) is 0 Å². The monoisotopic (exact) mass is 226 g/mol. The van der Waals surface area contributed by atoms with Gasteiger partial charge < -0.3 is 14.5 Å². The topological polar surface area (TPSA) is 47.3 Å². The van der Waals surface area contributed by atoms with E-state index in [0.717, 1.165) is 37.5 Å². The van der Waals surface area contributed by atoms with Crippen molar-refractivity contribution in [3.05, 3.63) is 17.8 Å². The molecule has 0 aliphatic rings. The van der Waals surface area contributed by atoms with Crippen molar-refractivity contribution in [2.75, 3.05) is 20.3 Å². The zero-order valence-corrected chi connectivity index (χ0v) is 10.5. The maximum Gasteiger partial charge on any atom is 0.194 e. The van der Waals surface area contributed by atoms with Crippen LogP contribution in [0.25, 0.3) is 0 Å². The van der Waals surface area contributed by atoms with E-state index in [1.807, 2.05) is 0 Å². The summed E-state index contributed by atoms with van der Waals surface area (Å²) in [6.07, 6.45) is 4.55. The molecule has 0 atom stereocenters. The van der Waals surface area contributed by atoms with Crippen molar-refractivity contribution in [3.63, 3.8) is 0 Å². The van der Waals surface area contributed by atoms with Gasteiger partial charge in [0.15, 0.2) is 5.89 Å². The molecule has 0 aromatic carbocycles. The van der Waals surface area contributed by atoms with Gasteiger partial charge in [-0.2, -0.15) is 0 Å². The maximum atomic E-state index is 5.57. The van der Waals surface area contributed by atoms with E-state index in [1.54, 1.807) is 13.3 Å². The van der Waals surface area contributed by atoms with Crippen molar-refractivity contribution in [3.8, 4) is 0 Å². The van der Waals surface area contributed by atoms with Gasteiger partial charge in [0, 0.05) is 26.0 Å². The van der Waals surface area contributed by atoms with E-state index in [4.69, 9.17) is 9.15 Å². The van der Waals surface area contributed by atoms with Crippen molar-refractivity contribution in [2.24, 2.45) is 0 Å². The Morgan fingerprint density at radius 1 is 1.44 bits per heavy atom. The molecular weight excluding hydrogens is 204 g/mol. The average Bonchev–Trinajstić information content (AvgIpc) is 2.69. The van der Waals surface area contributed by atoms with Crippen molar-refractivity contribution >= 4 is 0 Å². The minimum atomic E-state index is 0.543. The fourth-order valence-corrected chi connectivity index (χ4v) is 1.41. The molecule has 4 nitrogen and oxygen atoms in total. The van der Waals surface area contributed by atoms with E-state index in [9.17, 15) is 0 Å². The van der Waals surface area contributed by atoms with Crippen LogP contribution in [0, 0.1) is 0 Å². The first kappa shape index (κ1) is 13.2. The minimum absolute atomic E-state index is 0.543. The lowest BCUT2D eigenvalue weighted by molar-refractivity contribution is 0.196. The number of ether oxygens (including phenoxy) is 1. The van der Waals surface area contributed by atoms with Crippen LogP contribution in [0.4, 0.5) is 0 Å². The number of nitrogens with zero attached hydrogens (tertiary/aromatic N) is 1. The number of aryl methyl sites for hydroxylation is 1. The summed E-state index contributed by atoms with van der Waals surface area (Å²) >= 11 is 0. The summed E-state index contributed by atoms with van der Waals surface area (Å²) in [6.45, 7) is 5.99. The minimum Gasteiger partial charge on any atom is -0.446 e. The second-order valence-corrected chi connectivity index (χ2v) is 4.18. The smallest absolute Gasteiger partial charge is 0.194 e. The lowest BCUT2D eigenvalue weighted by atomic mass is 10.3. The Morgan fingerprint density at radius 2 is 2.25 bits per heavy atom. The third-order valence-corrected chi connectivity index (χ3v) is 2.27. The molecule has 0 saturated heterocycles. The van der Waals surface area contributed by atoms with Crippen LogP contribution >= 0.6 is 0 Å². The highest BCUT2D eigenvalue weighted by Gasteiger charge is 2.03. The molecule has 1 aromatic rings. The van der Waals surface area contributed by atoms with Crippen molar-refractivity contribution in [2.45, 2.75) is 39.2 Å². The van der Waals surface area contributed by atoms with E-state index in [-0.39, 0.29) is 0 Å². The number of nitrogens with one attached hydrogen (secondary N) is 1. The standard InChI is InChI=1S/C12H22N2O2/c1-10(2)13-7-4-5-12-14-9-11(16-12)6-8-15-3/h9-10,13H,4-8H2,1-3H3. The largest absolute Gasteiger partial charge is 0.446 e.